The van der Waals surface area contributed by atoms with Gasteiger partial charge in [-0.3, -0.25) is 0 Å². The minimum Gasteiger partial charge on any atom is -0.492 e. The van der Waals surface area contributed by atoms with E-state index in [0.717, 1.165) is 28.9 Å². The number of benzene rings is 1. The average molecular weight is 306 g/mol. The van der Waals surface area contributed by atoms with Crippen LogP contribution in [0, 0.1) is 6.92 Å². The summed E-state index contributed by atoms with van der Waals surface area (Å²) in [5.41, 5.74) is 2.35. The third kappa shape index (κ3) is 2.85. The molecule has 1 N–H and O–H groups in total. The van der Waals surface area contributed by atoms with Crippen LogP contribution in [0.2, 0.25) is 0 Å². The Hall–Kier alpha value is -1.04. The topological polar surface area (TPSA) is 34.1 Å². The van der Waals surface area contributed by atoms with E-state index in [9.17, 15) is 0 Å². The lowest BCUT2D eigenvalue weighted by atomic mass is 10.0. The first kappa shape index (κ1) is 13.9. The number of aromatic nitrogens is 1. The van der Waals surface area contributed by atoms with Gasteiger partial charge in [0.2, 0.25) is 0 Å². The maximum atomic E-state index is 5.91. The van der Waals surface area contributed by atoms with Gasteiger partial charge in [0.1, 0.15) is 12.4 Å². The first-order valence-corrected chi connectivity index (χ1v) is 8.57. The number of thiazole rings is 1. The summed E-state index contributed by atoms with van der Waals surface area (Å²) in [6, 6.07) is 8.63. The van der Waals surface area contributed by atoms with Crippen molar-refractivity contribution in [1.29, 1.82) is 0 Å². The molecule has 0 amide bonds. The fraction of sp³-hybridized carbons (Fsp3) is 0.400. The second kappa shape index (κ2) is 6.16. The summed E-state index contributed by atoms with van der Waals surface area (Å²) >= 11 is 3.53. The average Bonchev–Trinajstić information content (AvgIpc) is 2.87. The second-order valence-electron chi connectivity index (χ2n) is 4.80. The van der Waals surface area contributed by atoms with Crippen LogP contribution in [0.25, 0.3) is 0 Å². The zero-order chi connectivity index (χ0) is 13.9. The normalized spacial score (nSPS) is 21.3. The summed E-state index contributed by atoms with van der Waals surface area (Å²) < 4.78 is 7.03. The van der Waals surface area contributed by atoms with Crippen LogP contribution in [0.4, 0.5) is 0 Å². The van der Waals surface area contributed by atoms with Crippen LogP contribution >= 0.6 is 23.1 Å². The summed E-state index contributed by atoms with van der Waals surface area (Å²) in [5.74, 6) is 1.01. The van der Waals surface area contributed by atoms with E-state index in [1.165, 1.54) is 5.56 Å². The standard InChI is InChI=1S/C15H18N2OS2/c1-3-16-14-11-6-4-5-7-12(11)18-8-13(14)20-15-17-10(2)9-19-15/h4-7,9,13-14,16H,3,8H2,1-2H3. The highest BCUT2D eigenvalue weighted by molar-refractivity contribution is 8.01. The van der Waals surface area contributed by atoms with Gasteiger partial charge in [-0.25, -0.2) is 4.98 Å². The highest BCUT2D eigenvalue weighted by atomic mass is 32.2. The second-order valence-corrected chi connectivity index (χ2v) is 7.14. The zero-order valence-electron chi connectivity index (χ0n) is 11.6. The summed E-state index contributed by atoms with van der Waals surface area (Å²) in [6.07, 6.45) is 0. The maximum absolute atomic E-state index is 5.91. The van der Waals surface area contributed by atoms with Crippen molar-refractivity contribution in [3.8, 4) is 5.75 Å². The SMILES string of the molecule is CCNC1c2ccccc2OCC1Sc1nc(C)cs1. The number of nitrogens with zero attached hydrogens (tertiary/aromatic N) is 1. The van der Waals surface area contributed by atoms with Crippen LogP contribution in [0.3, 0.4) is 0 Å². The van der Waals surface area contributed by atoms with Gasteiger partial charge in [-0.2, -0.15) is 0 Å². The minimum absolute atomic E-state index is 0.319. The molecule has 0 saturated carbocycles. The molecule has 0 fully saturated rings. The molecule has 20 heavy (non-hydrogen) atoms. The van der Waals surface area contributed by atoms with Crippen molar-refractivity contribution < 1.29 is 4.74 Å². The van der Waals surface area contributed by atoms with E-state index < -0.39 is 0 Å². The van der Waals surface area contributed by atoms with Gasteiger partial charge in [-0.15, -0.1) is 11.3 Å². The van der Waals surface area contributed by atoms with Gasteiger partial charge >= 0.3 is 0 Å². The van der Waals surface area contributed by atoms with E-state index in [-0.39, 0.29) is 0 Å². The van der Waals surface area contributed by atoms with Gasteiger partial charge in [0.25, 0.3) is 0 Å². The lowest BCUT2D eigenvalue weighted by molar-refractivity contribution is 0.261. The summed E-state index contributed by atoms with van der Waals surface area (Å²) in [4.78, 5) is 4.55. The number of ether oxygens (including phenoxy) is 1. The van der Waals surface area contributed by atoms with Gasteiger partial charge in [0, 0.05) is 16.6 Å². The Kier molecular flexibility index (Phi) is 4.29. The lowest BCUT2D eigenvalue weighted by Crippen LogP contribution is -2.37. The first-order chi connectivity index (χ1) is 9.78. The first-order valence-electron chi connectivity index (χ1n) is 6.82. The predicted molar refractivity (Wildman–Crippen MR) is 84.9 cm³/mol. The molecule has 1 aromatic carbocycles. The van der Waals surface area contributed by atoms with Crippen molar-refractivity contribution in [3.63, 3.8) is 0 Å². The molecule has 2 unspecified atom stereocenters. The third-order valence-corrected chi connectivity index (χ3v) is 5.64. The van der Waals surface area contributed by atoms with Crippen LogP contribution in [0.15, 0.2) is 34.0 Å². The Bertz CT molecular complexity index is 585. The van der Waals surface area contributed by atoms with Gasteiger partial charge < -0.3 is 10.1 Å². The molecule has 0 spiro atoms. The molecule has 0 saturated heterocycles. The Morgan fingerprint density at radius 2 is 2.30 bits per heavy atom. The number of rotatable bonds is 4. The molecule has 2 atom stereocenters. The van der Waals surface area contributed by atoms with Crippen LogP contribution in [-0.2, 0) is 0 Å². The van der Waals surface area contributed by atoms with Gasteiger partial charge in [-0.1, -0.05) is 36.9 Å². The molecule has 1 aromatic heterocycles. The molecule has 3 nitrogen and oxygen atoms in total. The quantitative estimate of drug-likeness (QED) is 0.935. The number of thioether (sulfide) groups is 1. The largest absolute Gasteiger partial charge is 0.492 e. The van der Waals surface area contributed by atoms with Crippen molar-refractivity contribution in [3.05, 3.63) is 40.9 Å². The smallest absolute Gasteiger partial charge is 0.150 e. The van der Waals surface area contributed by atoms with E-state index in [1.54, 1.807) is 11.3 Å². The number of hydrogen-bond acceptors (Lipinski definition) is 5. The lowest BCUT2D eigenvalue weighted by Gasteiger charge is -2.33. The van der Waals surface area contributed by atoms with Crippen molar-refractivity contribution in [2.45, 2.75) is 29.5 Å². The molecule has 0 radical (unpaired) electrons. The van der Waals surface area contributed by atoms with E-state index in [4.69, 9.17) is 4.74 Å². The molecule has 1 aliphatic heterocycles. The number of fused-ring (bicyclic) bond motifs is 1. The molecule has 5 heteroatoms. The molecule has 106 valence electrons. The highest BCUT2D eigenvalue weighted by Gasteiger charge is 2.31. The number of nitrogens with one attached hydrogen (secondary N) is 1. The van der Waals surface area contributed by atoms with Gasteiger partial charge in [0.05, 0.1) is 11.3 Å². The molecular weight excluding hydrogens is 288 g/mol. The maximum Gasteiger partial charge on any atom is 0.150 e. The molecule has 2 heterocycles. The molecule has 0 aliphatic carbocycles. The Morgan fingerprint density at radius 3 is 3.05 bits per heavy atom. The number of hydrogen-bond donors (Lipinski definition) is 1. The molecular formula is C15H18N2OS2. The highest BCUT2D eigenvalue weighted by Crippen LogP contribution is 2.40. The van der Waals surface area contributed by atoms with Crippen LogP contribution in [0.5, 0.6) is 5.75 Å². The zero-order valence-corrected chi connectivity index (χ0v) is 13.3. The molecule has 1 aliphatic rings. The summed E-state index contributed by atoms with van der Waals surface area (Å²) in [7, 11) is 0. The van der Waals surface area contributed by atoms with E-state index in [0.29, 0.717) is 11.3 Å². The molecule has 0 bridgehead atoms. The van der Waals surface area contributed by atoms with E-state index in [1.807, 2.05) is 30.8 Å². The van der Waals surface area contributed by atoms with Crippen LogP contribution in [-0.4, -0.2) is 23.4 Å². The summed E-state index contributed by atoms with van der Waals surface area (Å²) in [6.45, 7) is 5.85. The van der Waals surface area contributed by atoms with Gasteiger partial charge in [-0.05, 0) is 19.5 Å². The number of aryl methyl sites for hydroxylation is 1. The fourth-order valence-corrected chi connectivity index (χ4v) is 4.65. The predicted octanol–water partition coefficient (Wildman–Crippen LogP) is 3.66. The fourth-order valence-electron chi connectivity index (χ4n) is 2.42. The van der Waals surface area contributed by atoms with Crippen molar-refractivity contribution in [2.75, 3.05) is 13.2 Å². The Balaban J connectivity index is 1.84. The van der Waals surface area contributed by atoms with Gasteiger partial charge in [0.15, 0.2) is 4.34 Å². The van der Waals surface area contributed by atoms with E-state index >= 15 is 0 Å². The minimum atomic E-state index is 0.319. The third-order valence-electron chi connectivity index (χ3n) is 3.30. The molecule has 2 aromatic rings. The summed E-state index contributed by atoms with van der Waals surface area (Å²) in [5, 5.41) is 6.05. The van der Waals surface area contributed by atoms with E-state index in [2.05, 4.69) is 34.7 Å². The van der Waals surface area contributed by atoms with Crippen molar-refractivity contribution >= 4 is 23.1 Å². The van der Waals surface area contributed by atoms with Crippen molar-refractivity contribution in [2.24, 2.45) is 0 Å². The van der Waals surface area contributed by atoms with Crippen molar-refractivity contribution in [1.82, 2.24) is 10.3 Å². The molecule has 3 rings (SSSR count). The van der Waals surface area contributed by atoms with Crippen LogP contribution < -0.4 is 10.1 Å². The Morgan fingerprint density at radius 1 is 1.45 bits per heavy atom. The number of para-hydroxylation sites is 1. The van der Waals surface area contributed by atoms with Crippen LogP contribution in [0.1, 0.15) is 24.2 Å². The Labute approximate surface area is 127 Å². The monoisotopic (exact) mass is 306 g/mol.